The summed E-state index contributed by atoms with van der Waals surface area (Å²) in [4.78, 5) is 0. The van der Waals surface area contributed by atoms with Crippen LogP contribution in [-0.4, -0.2) is 24.9 Å². The molecule has 2 nitrogen and oxygen atoms in total. The van der Waals surface area contributed by atoms with Crippen molar-refractivity contribution in [3.8, 4) is 0 Å². The van der Waals surface area contributed by atoms with Gasteiger partial charge in [0.25, 0.3) is 0 Å². The lowest BCUT2D eigenvalue weighted by atomic mass is 9.70. The summed E-state index contributed by atoms with van der Waals surface area (Å²) in [6.45, 7) is 6.42. The summed E-state index contributed by atoms with van der Waals surface area (Å²) in [5.41, 5.74) is 0.110. The highest BCUT2D eigenvalue weighted by atomic mass is 16.5. The van der Waals surface area contributed by atoms with Gasteiger partial charge in [-0.05, 0) is 18.8 Å². The maximum atomic E-state index is 9.73. The Morgan fingerprint density at radius 2 is 1.42 bits per heavy atom. The maximum absolute atomic E-state index is 9.73. The Morgan fingerprint density at radius 3 is 1.74 bits per heavy atom. The fourth-order valence-electron chi connectivity index (χ4n) is 3.21. The van der Waals surface area contributed by atoms with Crippen LogP contribution in [0.25, 0.3) is 0 Å². The van der Waals surface area contributed by atoms with Gasteiger partial charge in [0.2, 0.25) is 0 Å². The second-order valence-electron chi connectivity index (χ2n) is 6.41. The van der Waals surface area contributed by atoms with Crippen molar-refractivity contribution in [1.82, 2.24) is 0 Å². The van der Waals surface area contributed by atoms with Gasteiger partial charge < -0.3 is 9.84 Å². The first-order chi connectivity index (χ1) is 9.29. The van der Waals surface area contributed by atoms with Crippen molar-refractivity contribution in [2.75, 3.05) is 19.8 Å². The van der Waals surface area contributed by atoms with Gasteiger partial charge in [-0.2, -0.15) is 0 Å². The van der Waals surface area contributed by atoms with Gasteiger partial charge in [0.05, 0.1) is 19.8 Å². The van der Waals surface area contributed by atoms with E-state index in [2.05, 4.69) is 13.8 Å². The molecule has 1 fully saturated rings. The molecule has 1 saturated heterocycles. The molecule has 0 aromatic rings. The van der Waals surface area contributed by atoms with E-state index in [9.17, 15) is 5.11 Å². The normalized spacial score (nSPS) is 17.7. The second-order valence-corrected chi connectivity index (χ2v) is 6.41. The van der Waals surface area contributed by atoms with Crippen molar-refractivity contribution in [1.29, 1.82) is 0 Å². The smallest absolute Gasteiger partial charge is 0.0569 e. The summed E-state index contributed by atoms with van der Waals surface area (Å²) in [7, 11) is 0. The summed E-state index contributed by atoms with van der Waals surface area (Å²) in [5.74, 6) is 0.681. The molecular weight excluding hydrogens is 236 g/mol. The summed E-state index contributed by atoms with van der Waals surface area (Å²) in [6, 6.07) is 0. The molecule has 0 atom stereocenters. The van der Waals surface area contributed by atoms with E-state index in [1.54, 1.807) is 0 Å². The van der Waals surface area contributed by atoms with Crippen molar-refractivity contribution in [3.63, 3.8) is 0 Å². The van der Waals surface area contributed by atoms with E-state index in [1.165, 1.54) is 64.2 Å². The van der Waals surface area contributed by atoms with Crippen LogP contribution in [0.2, 0.25) is 0 Å². The molecule has 0 bridgehead atoms. The maximum Gasteiger partial charge on any atom is 0.0569 e. The summed E-state index contributed by atoms with van der Waals surface area (Å²) in [5, 5.41) is 9.73. The number of hydrogen-bond donors (Lipinski definition) is 1. The van der Waals surface area contributed by atoms with Crippen LogP contribution in [0.5, 0.6) is 0 Å². The monoisotopic (exact) mass is 270 g/mol. The molecule has 1 N–H and O–H groups in total. The Balaban J connectivity index is 2.34. The van der Waals surface area contributed by atoms with Crippen molar-refractivity contribution >= 4 is 0 Å². The molecule has 0 spiro atoms. The topological polar surface area (TPSA) is 29.5 Å². The zero-order valence-electron chi connectivity index (χ0n) is 13.1. The molecule has 1 aliphatic heterocycles. The van der Waals surface area contributed by atoms with Gasteiger partial charge >= 0.3 is 0 Å². The fourth-order valence-corrected chi connectivity index (χ4v) is 3.21. The number of ether oxygens (including phenoxy) is 1. The SMILES string of the molecule is CCCCCCC(CCCCCC)C1(CO)COC1. The number of rotatable bonds is 12. The Hall–Kier alpha value is -0.0800. The number of aliphatic hydroxyl groups is 1. The van der Waals surface area contributed by atoms with Gasteiger partial charge in [-0.25, -0.2) is 0 Å². The molecular formula is C17H34O2. The van der Waals surface area contributed by atoms with Gasteiger partial charge in [-0.15, -0.1) is 0 Å². The van der Waals surface area contributed by atoms with E-state index >= 15 is 0 Å². The number of hydrogen-bond acceptors (Lipinski definition) is 2. The van der Waals surface area contributed by atoms with Gasteiger partial charge in [0.1, 0.15) is 0 Å². The molecule has 114 valence electrons. The fraction of sp³-hybridized carbons (Fsp3) is 1.00. The third-order valence-corrected chi connectivity index (χ3v) is 4.77. The molecule has 0 unspecified atom stereocenters. The highest BCUT2D eigenvalue weighted by Crippen LogP contribution is 2.41. The lowest BCUT2D eigenvalue weighted by molar-refractivity contribution is -0.171. The number of aliphatic hydroxyl groups excluding tert-OH is 1. The quantitative estimate of drug-likeness (QED) is 0.527. The molecule has 1 heterocycles. The average molecular weight is 270 g/mol. The molecule has 0 aromatic carbocycles. The molecule has 1 rings (SSSR count). The van der Waals surface area contributed by atoms with Crippen LogP contribution < -0.4 is 0 Å². The van der Waals surface area contributed by atoms with Gasteiger partial charge in [0.15, 0.2) is 0 Å². The van der Waals surface area contributed by atoms with Gasteiger partial charge in [0, 0.05) is 5.41 Å². The van der Waals surface area contributed by atoms with Crippen molar-refractivity contribution in [2.24, 2.45) is 11.3 Å². The Kier molecular flexibility index (Phi) is 8.72. The van der Waals surface area contributed by atoms with E-state index in [1.807, 2.05) is 0 Å². The molecule has 0 aliphatic carbocycles. The largest absolute Gasteiger partial charge is 0.396 e. The second kappa shape index (κ2) is 9.77. The number of unbranched alkanes of at least 4 members (excludes halogenated alkanes) is 6. The average Bonchev–Trinajstić information content (AvgIpc) is 2.38. The standard InChI is InChI=1S/C17H34O2/c1-3-5-7-9-11-16(12-10-8-6-4-2)17(13-18)14-19-15-17/h16,18H,3-15H2,1-2H3. The molecule has 0 saturated carbocycles. The first kappa shape index (κ1) is 17.0. The van der Waals surface area contributed by atoms with Crippen molar-refractivity contribution in [3.05, 3.63) is 0 Å². The van der Waals surface area contributed by atoms with E-state index in [0.717, 1.165) is 13.2 Å². The summed E-state index contributed by atoms with van der Waals surface area (Å²) < 4.78 is 5.41. The zero-order valence-corrected chi connectivity index (χ0v) is 13.1. The van der Waals surface area contributed by atoms with Crippen LogP contribution in [0.15, 0.2) is 0 Å². The van der Waals surface area contributed by atoms with Crippen LogP contribution in [-0.2, 0) is 4.74 Å². The molecule has 0 amide bonds. The molecule has 2 heteroatoms. The van der Waals surface area contributed by atoms with Crippen LogP contribution in [0.3, 0.4) is 0 Å². The minimum Gasteiger partial charge on any atom is -0.396 e. The first-order valence-corrected chi connectivity index (χ1v) is 8.47. The Morgan fingerprint density at radius 1 is 0.895 bits per heavy atom. The van der Waals surface area contributed by atoms with Crippen LogP contribution in [0, 0.1) is 11.3 Å². The minimum absolute atomic E-state index is 0.110. The van der Waals surface area contributed by atoms with E-state index in [4.69, 9.17) is 4.74 Å². The summed E-state index contributed by atoms with van der Waals surface area (Å²) in [6.07, 6.45) is 13.2. The predicted octanol–water partition coefficient (Wildman–Crippen LogP) is 4.55. The third kappa shape index (κ3) is 5.43. The first-order valence-electron chi connectivity index (χ1n) is 8.47. The molecule has 1 aliphatic rings. The molecule has 0 aromatic heterocycles. The van der Waals surface area contributed by atoms with Gasteiger partial charge in [-0.3, -0.25) is 0 Å². The van der Waals surface area contributed by atoms with Crippen LogP contribution in [0.1, 0.15) is 78.1 Å². The van der Waals surface area contributed by atoms with Crippen LogP contribution >= 0.6 is 0 Å². The molecule has 19 heavy (non-hydrogen) atoms. The van der Waals surface area contributed by atoms with E-state index < -0.39 is 0 Å². The molecule has 0 radical (unpaired) electrons. The Labute approximate surface area is 119 Å². The summed E-state index contributed by atoms with van der Waals surface area (Å²) >= 11 is 0. The van der Waals surface area contributed by atoms with E-state index in [-0.39, 0.29) is 5.41 Å². The van der Waals surface area contributed by atoms with Crippen molar-refractivity contribution < 1.29 is 9.84 Å². The van der Waals surface area contributed by atoms with E-state index in [0.29, 0.717) is 12.5 Å². The van der Waals surface area contributed by atoms with Crippen molar-refractivity contribution in [2.45, 2.75) is 78.1 Å². The van der Waals surface area contributed by atoms with Crippen LogP contribution in [0.4, 0.5) is 0 Å². The third-order valence-electron chi connectivity index (χ3n) is 4.77. The Bertz CT molecular complexity index is 194. The highest BCUT2D eigenvalue weighted by Gasteiger charge is 2.44. The zero-order chi connectivity index (χ0) is 14.0. The minimum atomic E-state index is 0.110. The highest BCUT2D eigenvalue weighted by molar-refractivity contribution is 4.91. The van der Waals surface area contributed by atoms with Gasteiger partial charge in [-0.1, -0.05) is 65.2 Å². The predicted molar refractivity (Wildman–Crippen MR) is 81.3 cm³/mol. The lowest BCUT2D eigenvalue weighted by Gasteiger charge is -2.46. The lowest BCUT2D eigenvalue weighted by Crippen LogP contribution is -2.51.